The molecule has 0 radical (unpaired) electrons. The fraction of sp³-hybridized carbons (Fsp3) is 0.867. The van der Waals surface area contributed by atoms with E-state index in [1.54, 1.807) is 4.90 Å². The van der Waals surface area contributed by atoms with Gasteiger partial charge >= 0.3 is 12.1 Å². The molecule has 6 heteroatoms. The van der Waals surface area contributed by atoms with Gasteiger partial charge in [0, 0.05) is 25.9 Å². The van der Waals surface area contributed by atoms with Crippen LogP contribution in [0.2, 0.25) is 0 Å². The summed E-state index contributed by atoms with van der Waals surface area (Å²) in [5.41, 5.74) is 5.24. The van der Waals surface area contributed by atoms with Crippen LogP contribution in [0.1, 0.15) is 53.4 Å². The molecule has 1 fully saturated rings. The molecular weight excluding hydrogens is 272 g/mol. The van der Waals surface area contributed by atoms with Gasteiger partial charge in [0.05, 0.1) is 0 Å². The van der Waals surface area contributed by atoms with E-state index in [1.165, 1.54) is 0 Å². The quantitative estimate of drug-likeness (QED) is 0.804. The lowest BCUT2D eigenvalue weighted by Gasteiger charge is -2.33. The van der Waals surface area contributed by atoms with E-state index in [9.17, 15) is 9.59 Å². The number of rotatable bonds is 4. The highest BCUT2D eigenvalue weighted by Gasteiger charge is 2.29. The van der Waals surface area contributed by atoms with Crippen molar-refractivity contribution in [2.24, 2.45) is 5.73 Å². The van der Waals surface area contributed by atoms with Gasteiger partial charge in [-0.05, 0) is 27.2 Å². The average Bonchev–Trinajstić information content (AvgIpc) is 2.37. The minimum Gasteiger partial charge on any atom is -0.461 e. The Morgan fingerprint density at radius 2 is 1.86 bits per heavy atom. The van der Waals surface area contributed by atoms with Crippen molar-refractivity contribution in [1.29, 1.82) is 0 Å². The fourth-order valence-corrected chi connectivity index (χ4v) is 2.16. The molecule has 0 unspecified atom stereocenters. The number of esters is 1. The number of carbonyl (C=O) groups is 2. The summed E-state index contributed by atoms with van der Waals surface area (Å²) >= 11 is 0. The molecule has 2 N–H and O–H groups in total. The van der Waals surface area contributed by atoms with Crippen LogP contribution in [0.3, 0.4) is 0 Å². The molecule has 0 aromatic heterocycles. The van der Waals surface area contributed by atoms with Crippen molar-refractivity contribution in [2.45, 2.75) is 71.1 Å². The van der Waals surface area contributed by atoms with E-state index in [0.717, 1.165) is 6.42 Å². The molecule has 1 aliphatic rings. The second-order valence-corrected chi connectivity index (χ2v) is 6.50. The minimum atomic E-state index is -0.543. The van der Waals surface area contributed by atoms with E-state index >= 15 is 0 Å². The number of ether oxygens (including phenoxy) is 2. The van der Waals surface area contributed by atoms with Gasteiger partial charge in [0.1, 0.15) is 17.7 Å². The number of nitrogens with zero attached hydrogens (tertiary/aromatic N) is 1. The number of likely N-dealkylation sites (tertiary alicyclic amines) is 1. The van der Waals surface area contributed by atoms with Crippen LogP contribution in [-0.2, 0) is 14.3 Å². The monoisotopic (exact) mass is 300 g/mol. The predicted molar refractivity (Wildman–Crippen MR) is 79.8 cm³/mol. The van der Waals surface area contributed by atoms with Gasteiger partial charge in [0.2, 0.25) is 0 Å². The van der Waals surface area contributed by atoms with Gasteiger partial charge in [-0.1, -0.05) is 13.3 Å². The van der Waals surface area contributed by atoms with Gasteiger partial charge in [-0.2, -0.15) is 0 Å². The van der Waals surface area contributed by atoms with E-state index in [0.29, 0.717) is 32.4 Å². The zero-order valence-corrected chi connectivity index (χ0v) is 13.6. The number of hydrogen-bond acceptors (Lipinski definition) is 5. The van der Waals surface area contributed by atoms with Crippen LogP contribution in [0.5, 0.6) is 0 Å². The molecule has 21 heavy (non-hydrogen) atoms. The van der Waals surface area contributed by atoms with E-state index in [2.05, 4.69) is 0 Å². The van der Waals surface area contributed by atoms with Gasteiger partial charge in [0.15, 0.2) is 0 Å². The third-order valence-electron chi connectivity index (χ3n) is 3.28. The smallest absolute Gasteiger partial charge is 0.410 e. The molecule has 1 rings (SSSR count). The van der Waals surface area contributed by atoms with E-state index in [1.807, 2.05) is 27.7 Å². The highest BCUT2D eigenvalue weighted by Crippen LogP contribution is 2.18. The zero-order chi connectivity index (χ0) is 16.0. The maximum absolute atomic E-state index is 11.9. The molecule has 6 nitrogen and oxygen atoms in total. The first kappa shape index (κ1) is 17.8. The fourth-order valence-electron chi connectivity index (χ4n) is 2.16. The molecule has 122 valence electrons. The first-order chi connectivity index (χ1) is 9.73. The van der Waals surface area contributed by atoms with Crippen LogP contribution in [0, 0.1) is 0 Å². The number of hydrogen-bond donors (Lipinski definition) is 1. The van der Waals surface area contributed by atoms with Gasteiger partial charge in [-0.3, -0.25) is 4.79 Å². The molecular formula is C15H28N2O4. The van der Waals surface area contributed by atoms with Crippen molar-refractivity contribution in [3.8, 4) is 0 Å². The maximum atomic E-state index is 11.9. The summed E-state index contributed by atoms with van der Waals surface area (Å²) in [5, 5.41) is 0. The first-order valence-electron chi connectivity index (χ1n) is 7.67. The van der Waals surface area contributed by atoms with Crippen LogP contribution in [-0.4, -0.2) is 47.8 Å². The summed E-state index contributed by atoms with van der Waals surface area (Å²) in [4.78, 5) is 25.3. The Kier molecular flexibility index (Phi) is 6.45. The molecule has 1 atom stereocenters. The van der Waals surface area contributed by atoms with Gasteiger partial charge in [-0.15, -0.1) is 0 Å². The first-order valence-corrected chi connectivity index (χ1v) is 7.67. The lowest BCUT2D eigenvalue weighted by atomic mass is 10.1. The van der Waals surface area contributed by atoms with Crippen molar-refractivity contribution in [3.63, 3.8) is 0 Å². The highest BCUT2D eigenvalue weighted by atomic mass is 16.6. The molecule has 0 bridgehead atoms. The van der Waals surface area contributed by atoms with E-state index in [4.69, 9.17) is 15.2 Å². The van der Waals surface area contributed by atoms with Crippen LogP contribution in [0.25, 0.3) is 0 Å². The summed E-state index contributed by atoms with van der Waals surface area (Å²) < 4.78 is 10.7. The zero-order valence-electron chi connectivity index (χ0n) is 13.6. The van der Waals surface area contributed by atoms with Crippen molar-refractivity contribution < 1.29 is 19.1 Å². The predicted octanol–water partition coefficient (Wildman–Crippen LogP) is 2.06. The molecule has 0 aromatic carbocycles. The van der Waals surface area contributed by atoms with E-state index in [-0.39, 0.29) is 18.2 Å². The van der Waals surface area contributed by atoms with Gasteiger partial charge < -0.3 is 20.1 Å². The summed E-state index contributed by atoms with van der Waals surface area (Å²) in [5.74, 6) is -0.340. The molecule has 1 heterocycles. The summed E-state index contributed by atoms with van der Waals surface area (Å²) in [6, 6.07) is -0.543. The van der Waals surface area contributed by atoms with Crippen molar-refractivity contribution >= 4 is 12.1 Å². The van der Waals surface area contributed by atoms with Crippen LogP contribution >= 0.6 is 0 Å². The third kappa shape index (κ3) is 6.33. The lowest BCUT2D eigenvalue weighted by Crippen LogP contribution is -2.45. The maximum Gasteiger partial charge on any atom is 0.410 e. The Labute approximate surface area is 126 Å². The number of amides is 1. The standard InChI is InChI=1S/C15H28N2O4/c1-5-6-12(16)13(18)20-11-7-9-17(10-8-11)14(19)21-15(2,3)4/h11-12H,5-10,16H2,1-4H3/t12-/m0/s1. The lowest BCUT2D eigenvalue weighted by molar-refractivity contribution is -0.152. The second kappa shape index (κ2) is 7.64. The molecule has 1 aliphatic heterocycles. The SMILES string of the molecule is CCC[C@H](N)C(=O)OC1CCN(C(=O)OC(C)(C)C)CC1. The molecule has 0 aromatic rings. The highest BCUT2D eigenvalue weighted by molar-refractivity contribution is 5.75. The molecule has 0 aliphatic carbocycles. The van der Waals surface area contributed by atoms with Crippen molar-refractivity contribution in [2.75, 3.05) is 13.1 Å². The summed E-state index contributed by atoms with van der Waals surface area (Å²) in [7, 11) is 0. The topological polar surface area (TPSA) is 81.9 Å². The molecule has 1 amide bonds. The van der Waals surface area contributed by atoms with Crippen molar-refractivity contribution in [3.05, 3.63) is 0 Å². The molecule has 0 saturated carbocycles. The molecule has 0 spiro atoms. The number of nitrogens with two attached hydrogens (primary N) is 1. The van der Waals surface area contributed by atoms with Crippen molar-refractivity contribution in [1.82, 2.24) is 4.90 Å². The number of carbonyl (C=O) groups excluding carboxylic acids is 2. The Hall–Kier alpha value is -1.30. The Morgan fingerprint density at radius 1 is 1.29 bits per heavy atom. The van der Waals surface area contributed by atoms with Gasteiger partial charge in [-0.25, -0.2) is 4.79 Å². The Bertz CT molecular complexity index is 357. The second-order valence-electron chi connectivity index (χ2n) is 6.50. The molecule has 1 saturated heterocycles. The van der Waals surface area contributed by atoms with Gasteiger partial charge in [0.25, 0.3) is 0 Å². The summed E-state index contributed by atoms with van der Waals surface area (Å²) in [6.07, 6.45) is 2.28. The Morgan fingerprint density at radius 3 is 2.33 bits per heavy atom. The largest absolute Gasteiger partial charge is 0.461 e. The normalized spacial score (nSPS) is 18.2. The third-order valence-corrected chi connectivity index (χ3v) is 3.28. The van der Waals surface area contributed by atoms with Crippen LogP contribution < -0.4 is 5.73 Å². The van der Waals surface area contributed by atoms with E-state index < -0.39 is 11.6 Å². The average molecular weight is 300 g/mol. The van der Waals surface area contributed by atoms with Crippen LogP contribution in [0.4, 0.5) is 4.79 Å². The minimum absolute atomic E-state index is 0.154. The number of piperidine rings is 1. The van der Waals surface area contributed by atoms with Crippen LogP contribution in [0.15, 0.2) is 0 Å². The Balaban J connectivity index is 2.35. The summed E-state index contributed by atoms with van der Waals surface area (Å²) in [6.45, 7) is 8.58.